The van der Waals surface area contributed by atoms with Gasteiger partial charge in [0.1, 0.15) is 42.2 Å². The molecule has 0 aromatic carbocycles. The van der Waals surface area contributed by atoms with E-state index in [9.17, 15) is 50.8 Å². The van der Waals surface area contributed by atoms with Crippen LogP contribution >= 0.6 is 0 Å². The number of amides is 1. The van der Waals surface area contributed by atoms with E-state index in [4.69, 9.17) is 31.4 Å². The maximum absolute atomic E-state index is 13.1. The number of aliphatic hydroxyl groups is 9. The molecule has 17 N–H and O–H groups in total. The van der Waals surface area contributed by atoms with Crippen molar-refractivity contribution in [3.63, 3.8) is 0 Å². The molecule has 1 amide bonds. The smallest absolute Gasteiger partial charge is 0.252 e. The Labute approximate surface area is 260 Å². The zero-order valence-corrected chi connectivity index (χ0v) is 25.0. The van der Waals surface area contributed by atoms with Gasteiger partial charge >= 0.3 is 0 Å². The van der Waals surface area contributed by atoms with Crippen LogP contribution < -0.4 is 27.8 Å². The molecule has 4 fully saturated rings. The maximum Gasteiger partial charge on any atom is 0.252 e. The van der Waals surface area contributed by atoms with Crippen molar-refractivity contribution in [1.82, 2.24) is 10.6 Å². The van der Waals surface area contributed by atoms with Gasteiger partial charge in [-0.15, -0.1) is 0 Å². The molecule has 2 aliphatic heterocycles. The Hall–Kier alpha value is -1.17. The Morgan fingerprint density at radius 3 is 2.27 bits per heavy atom. The van der Waals surface area contributed by atoms with E-state index in [0.29, 0.717) is 6.42 Å². The lowest BCUT2D eigenvalue weighted by Gasteiger charge is -2.52. The number of carbonyl (C=O) groups excluding carboxylic acids is 1. The molecule has 2 saturated carbocycles. The van der Waals surface area contributed by atoms with Gasteiger partial charge < -0.3 is 88.0 Å². The largest absolute Gasteiger partial charge is 0.394 e. The minimum atomic E-state index is -1.75. The normalized spacial score (nSPS) is 48.0. The molecule has 4 aliphatic rings. The summed E-state index contributed by atoms with van der Waals surface area (Å²) in [4.78, 5) is 13.1. The van der Waals surface area contributed by atoms with E-state index >= 15 is 0 Å². The zero-order chi connectivity index (χ0) is 33.2. The lowest BCUT2D eigenvalue weighted by Crippen LogP contribution is -2.71. The Balaban J connectivity index is 1.55. The Morgan fingerprint density at radius 1 is 0.956 bits per heavy atom. The van der Waals surface area contributed by atoms with Gasteiger partial charge in [-0.25, -0.2) is 0 Å². The molecule has 2 aliphatic carbocycles. The summed E-state index contributed by atoms with van der Waals surface area (Å²) in [6, 6.07) is -2.43. The molecule has 0 spiro atoms. The second kappa shape index (κ2) is 15.4. The molecule has 18 nitrogen and oxygen atoms in total. The Bertz CT molecular complexity index is 966. The highest BCUT2D eigenvalue weighted by atomic mass is 16.7. The molecular formula is C27H51N5O13. The molecule has 0 aromatic heterocycles. The summed E-state index contributed by atoms with van der Waals surface area (Å²) in [7, 11) is 0. The predicted octanol–water partition coefficient (Wildman–Crippen LogP) is -7.60. The molecule has 18 heteroatoms. The van der Waals surface area contributed by atoms with Crippen LogP contribution in [0.2, 0.25) is 0 Å². The molecule has 0 radical (unpaired) electrons. The van der Waals surface area contributed by atoms with Crippen molar-refractivity contribution in [3.8, 4) is 0 Å². The van der Waals surface area contributed by atoms with Crippen molar-refractivity contribution in [3.05, 3.63) is 0 Å². The van der Waals surface area contributed by atoms with Crippen LogP contribution in [-0.4, -0.2) is 175 Å². The third kappa shape index (κ3) is 8.11. The molecule has 0 bridgehead atoms. The SMILES string of the molecule is NCCC(O)CNC[C@H]1O[C@H](C2[C@@H](N)C[C@@H](NC(=O)C3(O)CC(N)C3)[C@H](O[C@H]3O[C@H](CO)[C@@H](O)C[C@H]3O)[C@H]2O)[C@H](O)[C@@H](O)[C@@H]1O. The number of nitrogens with one attached hydrogen (secondary N) is 2. The molecule has 2 unspecified atom stereocenters. The molecule has 15 atom stereocenters. The van der Waals surface area contributed by atoms with Crippen molar-refractivity contribution >= 4 is 5.91 Å². The molecule has 2 heterocycles. The highest BCUT2D eigenvalue weighted by molar-refractivity contribution is 5.86. The van der Waals surface area contributed by atoms with Gasteiger partial charge in [0.05, 0.1) is 43.2 Å². The molecule has 45 heavy (non-hydrogen) atoms. The number of aliphatic hydroxyl groups excluding tert-OH is 8. The number of carbonyl (C=O) groups is 1. The van der Waals surface area contributed by atoms with Crippen molar-refractivity contribution in [2.24, 2.45) is 23.1 Å². The Kier molecular flexibility index (Phi) is 12.5. The van der Waals surface area contributed by atoms with E-state index < -0.39 is 110 Å². The van der Waals surface area contributed by atoms with Crippen LogP contribution in [-0.2, 0) is 19.0 Å². The lowest BCUT2D eigenvalue weighted by atomic mass is 9.71. The molecule has 2 saturated heterocycles. The van der Waals surface area contributed by atoms with Crippen LogP contribution in [0.4, 0.5) is 0 Å². The minimum absolute atomic E-state index is 0.00975. The quantitative estimate of drug-likeness (QED) is 0.0929. The van der Waals surface area contributed by atoms with E-state index in [2.05, 4.69) is 10.6 Å². The summed E-state index contributed by atoms with van der Waals surface area (Å²) < 4.78 is 17.6. The third-order valence-corrected chi connectivity index (χ3v) is 9.45. The summed E-state index contributed by atoms with van der Waals surface area (Å²) in [5.41, 5.74) is 16.0. The summed E-state index contributed by atoms with van der Waals surface area (Å²) in [6.45, 7) is -0.270. The van der Waals surface area contributed by atoms with Gasteiger partial charge in [-0.2, -0.15) is 0 Å². The fourth-order valence-corrected chi connectivity index (χ4v) is 6.80. The first-order chi connectivity index (χ1) is 21.2. The second-order valence-electron chi connectivity index (χ2n) is 12.9. The van der Waals surface area contributed by atoms with Crippen molar-refractivity contribution in [1.29, 1.82) is 0 Å². The summed E-state index contributed by atoms with van der Waals surface area (Å²) in [5.74, 6) is -1.93. The van der Waals surface area contributed by atoms with Crippen LogP contribution in [0.5, 0.6) is 0 Å². The number of hydrogen-bond donors (Lipinski definition) is 14. The van der Waals surface area contributed by atoms with E-state index in [1.807, 2.05) is 0 Å². The van der Waals surface area contributed by atoms with Gasteiger partial charge in [0.15, 0.2) is 6.29 Å². The van der Waals surface area contributed by atoms with Gasteiger partial charge in [0.2, 0.25) is 0 Å². The first-order valence-corrected chi connectivity index (χ1v) is 15.5. The lowest BCUT2D eigenvalue weighted by molar-refractivity contribution is -0.306. The first kappa shape index (κ1) is 36.7. The average molecular weight is 654 g/mol. The Morgan fingerprint density at radius 2 is 1.64 bits per heavy atom. The topological polar surface area (TPSA) is 329 Å². The van der Waals surface area contributed by atoms with Crippen molar-refractivity contribution in [2.75, 3.05) is 26.2 Å². The van der Waals surface area contributed by atoms with Gasteiger partial charge in [-0.05, 0) is 19.4 Å². The molecule has 4 rings (SSSR count). The second-order valence-corrected chi connectivity index (χ2v) is 12.9. The van der Waals surface area contributed by atoms with Gasteiger partial charge in [0.25, 0.3) is 5.91 Å². The highest BCUT2D eigenvalue weighted by Gasteiger charge is 2.56. The van der Waals surface area contributed by atoms with Crippen LogP contribution in [0.15, 0.2) is 0 Å². The minimum Gasteiger partial charge on any atom is -0.394 e. The van der Waals surface area contributed by atoms with Gasteiger partial charge in [-0.1, -0.05) is 0 Å². The van der Waals surface area contributed by atoms with E-state index in [-0.39, 0.29) is 51.4 Å². The summed E-state index contributed by atoms with van der Waals surface area (Å²) in [6.07, 6.45) is -16.3. The summed E-state index contributed by atoms with van der Waals surface area (Å²) >= 11 is 0. The number of hydrogen-bond acceptors (Lipinski definition) is 17. The average Bonchev–Trinajstić information content (AvgIpc) is 2.96. The van der Waals surface area contributed by atoms with Gasteiger partial charge in [0, 0.05) is 50.4 Å². The zero-order valence-electron chi connectivity index (χ0n) is 25.0. The van der Waals surface area contributed by atoms with E-state index in [0.717, 1.165) is 0 Å². The van der Waals surface area contributed by atoms with Crippen molar-refractivity contribution in [2.45, 2.75) is 129 Å². The standard InChI is InChI=1S/C27H51N5O13/c28-2-1-11(34)7-31-8-16-19(37)21(39)22(40)24(43-16)18-12(30)3-13(32-26(41)27(42)5-10(29)6-27)23(20(18)38)45-25-15(36)4-14(35)17(9-33)44-25/h10-25,31,33-40,42H,1-9,28-30H2,(H,32,41)/t10?,11?,12-,13+,14-,15+,16+,17+,18?,19+,20-,21-,22+,23-,24+,25+,27?/m0/s1. The number of rotatable bonds is 12. The molecule has 262 valence electrons. The van der Waals surface area contributed by atoms with Crippen LogP contribution in [0.1, 0.15) is 32.1 Å². The molecule has 0 aromatic rings. The monoisotopic (exact) mass is 653 g/mol. The van der Waals surface area contributed by atoms with E-state index in [1.54, 1.807) is 0 Å². The van der Waals surface area contributed by atoms with Gasteiger partial charge in [-0.3, -0.25) is 4.79 Å². The third-order valence-electron chi connectivity index (χ3n) is 9.45. The fraction of sp³-hybridized carbons (Fsp3) is 0.963. The maximum atomic E-state index is 13.1. The highest BCUT2D eigenvalue weighted by Crippen LogP contribution is 2.38. The number of ether oxygens (including phenoxy) is 3. The van der Waals surface area contributed by atoms with Crippen molar-refractivity contribution < 1.29 is 65.0 Å². The fourth-order valence-electron chi connectivity index (χ4n) is 6.80. The van der Waals surface area contributed by atoms with Crippen LogP contribution in [0.3, 0.4) is 0 Å². The molecular weight excluding hydrogens is 602 g/mol. The predicted molar refractivity (Wildman–Crippen MR) is 153 cm³/mol. The van der Waals surface area contributed by atoms with E-state index in [1.165, 1.54) is 0 Å². The van der Waals surface area contributed by atoms with Crippen LogP contribution in [0, 0.1) is 5.92 Å². The number of nitrogens with two attached hydrogens (primary N) is 3. The van der Waals surface area contributed by atoms with Crippen LogP contribution in [0.25, 0.3) is 0 Å². The first-order valence-electron chi connectivity index (χ1n) is 15.5. The summed E-state index contributed by atoms with van der Waals surface area (Å²) in [5, 5.41) is 101.